The lowest BCUT2D eigenvalue weighted by Gasteiger charge is -2.42. The molecule has 11 unspecified atom stereocenters. The van der Waals surface area contributed by atoms with Gasteiger partial charge in [-0.15, -0.1) is 0 Å². The van der Waals surface area contributed by atoms with Crippen molar-refractivity contribution in [2.75, 3.05) is 26.4 Å². The van der Waals surface area contributed by atoms with Gasteiger partial charge in [0, 0.05) is 12.8 Å². The molecule has 0 aromatic carbocycles. The van der Waals surface area contributed by atoms with Crippen LogP contribution in [0.4, 0.5) is 0 Å². The Labute approximate surface area is 413 Å². The van der Waals surface area contributed by atoms with Crippen molar-refractivity contribution >= 4 is 11.9 Å². The summed E-state index contributed by atoms with van der Waals surface area (Å²) >= 11 is 0. The van der Waals surface area contributed by atoms with Gasteiger partial charge in [0.15, 0.2) is 18.7 Å². The van der Waals surface area contributed by atoms with Crippen LogP contribution in [-0.4, -0.2) is 142 Å². The van der Waals surface area contributed by atoms with Gasteiger partial charge in [-0.05, 0) is 77.0 Å². The first-order chi connectivity index (χ1) is 33.5. The van der Waals surface area contributed by atoms with Gasteiger partial charge in [0.2, 0.25) is 0 Å². The summed E-state index contributed by atoms with van der Waals surface area (Å²) < 4.78 is 33.6. The quantitative estimate of drug-likeness (QED) is 0.0178. The molecule has 0 aliphatic carbocycles. The fourth-order valence-electron chi connectivity index (χ4n) is 7.83. The van der Waals surface area contributed by atoms with Crippen molar-refractivity contribution < 1.29 is 73.8 Å². The van der Waals surface area contributed by atoms with Crippen molar-refractivity contribution in [2.45, 2.75) is 242 Å². The number of aliphatic hydroxyl groups is 7. The topological polar surface area (TPSA) is 231 Å². The van der Waals surface area contributed by atoms with Crippen LogP contribution in [-0.2, 0) is 38.0 Å². The maximum atomic E-state index is 13.0. The highest BCUT2D eigenvalue weighted by Gasteiger charge is 2.47. The van der Waals surface area contributed by atoms with E-state index in [0.717, 1.165) is 96.3 Å². The van der Waals surface area contributed by atoms with E-state index in [1.165, 1.54) is 38.5 Å². The SMILES string of the molecule is CCCC/C=C\C/C=C\CCCCCCCC(=O)OCC(COC1OC(COC2OC(CO)C(O)C(O)C2O)C(O)C(O)C1O)OC(=O)CCCCCCCC/C=C\C/C=C\C/C=C\CCCCC. The Bertz CT molecular complexity index is 1430. The second kappa shape index (κ2) is 40.8. The van der Waals surface area contributed by atoms with Crippen LogP contribution >= 0.6 is 0 Å². The average Bonchev–Trinajstić information content (AvgIpc) is 3.34. The van der Waals surface area contributed by atoms with Crippen LogP contribution in [0, 0.1) is 0 Å². The van der Waals surface area contributed by atoms with Crippen LogP contribution in [0.3, 0.4) is 0 Å². The summed E-state index contributed by atoms with van der Waals surface area (Å²) in [6, 6.07) is 0. The molecule has 2 aliphatic rings. The largest absolute Gasteiger partial charge is 0.462 e. The van der Waals surface area contributed by atoms with Gasteiger partial charge in [-0.3, -0.25) is 9.59 Å². The van der Waals surface area contributed by atoms with Crippen LogP contribution < -0.4 is 0 Å². The molecule has 0 bridgehead atoms. The lowest BCUT2D eigenvalue weighted by Crippen LogP contribution is -2.61. The molecule has 0 spiro atoms. The molecule has 11 atom stereocenters. The van der Waals surface area contributed by atoms with Crippen molar-refractivity contribution in [2.24, 2.45) is 0 Å². The Morgan fingerprint density at radius 2 is 0.884 bits per heavy atom. The first-order valence-corrected chi connectivity index (χ1v) is 26.4. The van der Waals surface area contributed by atoms with E-state index in [4.69, 9.17) is 28.4 Å². The summed E-state index contributed by atoms with van der Waals surface area (Å²) in [4.78, 5) is 25.8. The monoisotopic (exact) mass is 981 g/mol. The molecule has 0 radical (unpaired) electrons. The van der Waals surface area contributed by atoms with Gasteiger partial charge in [-0.1, -0.05) is 145 Å². The van der Waals surface area contributed by atoms with Crippen LogP contribution in [0.25, 0.3) is 0 Å². The van der Waals surface area contributed by atoms with Gasteiger partial charge in [0.25, 0.3) is 0 Å². The fraction of sp³-hybridized carbons (Fsp3) is 0.778. The van der Waals surface area contributed by atoms with E-state index < -0.39 is 99.3 Å². The highest BCUT2D eigenvalue weighted by Crippen LogP contribution is 2.26. The van der Waals surface area contributed by atoms with Gasteiger partial charge in [-0.25, -0.2) is 0 Å². The maximum absolute atomic E-state index is 13.0. The molecule has 15 heteroatoms. The molecule has 15 nitrogen and oxygen atoms in total. The molecule has 0 aromatic rings. The third-order valence-electron chi connectivity index (χ3n) is 12.2. The zero-order chi connectivity index (χ0) is 50.3. The number of hydrogen-bond donors (Lipinski definition) is 7. The molecule has 2 heterocycles. The van der Waals surface area contributed by atoms with E-state index >= 15 is 0 Å². The first kappa shape index (κ1) is 62.3. The first-order valence-electron chi connectivity index (χ1n) is 26.4. The van der Waals surface area contributed by atoms with Crippen molar-refractivity contribution in [3.63, 3.8) is 0 Å². The second-order valence-electron chi connectivity index (χ2n) is 18.3. The van der Waals surface area contributed by atoms with E-state index in [1.54, 1.807) is 0 Å². The van der Waals surface area contributed by atoms with E-state index in [-0.39, 0.29) is 19.4 Å². The van der Waals surface area contributed by atoms with E-state index in [1.807, 2.05) is 0 Å². The van der Waals surface area contributed by atoms with Crippen molar-refractivity contribution in [3.05, 3.63) is 60.8 Å². The normalized spacial score (nSPS) is 26.0. The summed E-state index contributed by atoms with van der Waals surface area (Å²) in [7, 11) is 0. The van der Waals surface area contributed by atoms with E-state index in [9.17, 15) is 45.3 Å². The number of esters is 2. The highest BCUT2D eigenvalue weighted by atomic mass is 16.7. The molecule has 398 valence electrons. The smallest absolute Gasteiger partial charge is 0.306 e. The number of carbonyl (C=O) groups is 2. The number of rotatable bonds is 40. The zero-order valence-electron chi connectivity index (χ0n) is 42.0. The van der Waals surface area contributed by atoms with Gasteiger partial charge in [0.1, 0.15) is 55.4 Å². The summed E-state index contributed by atoms with van der Waals surface area (Å²) in [5.41, 5.74) is 0. The molecule has 69 heavy (non-hydrogen) atoms. The summed E-state index contributed by atoms with van der Waals surface area (Å²) in [6.07, 6.45) is 29.5. The Kier molecular flexibility index (Phi) is 36.8. The molecule has 0 saturated carbocycles. The van der Waals surface area contributed by atoms with Gasteiger partial charge < -0.3 is 64.2 Å². The van der Waals surface area contributed by atoms with Gasteiger partial charge >= 0.3 is 11.9 Å². The number of unbranched alkanes of at least 4 members (excludes halogenated alkanes) is 16. The predicted octanol–water partition coefficient (Wildman–Crippen LogP) is 7.66. The molecule has 2 aliphatic heterocycles. The van der Waals surface area contributed by atoms with E-state index in [2.05, 4.69) is 74.6 Å². The highest BCUT2D eigenvalue weighted by molar-refractivity contribution is 5.70. The van der Waals surface area contributed by atoms with Crippen molar-refractivity contribution in [1.82, 2.24) is 0 Å². The van der Waals surface area contributed by atoms with Crippen LogP contribution in [0.15, 0.2) is 60.8 Å². The minimum atomic E-state index is -1.77. The third-order valence-corrected chi connectivity index (χ3v) is 12.2. The van der Waals surface area contributed by atoms with Gasteiger partial charge in [0.05, 0.1) is 19.8 Å². The molecular formula is C54H92O15. The Morgan fingerprint density at radius 3 is 1.41 bits per heavy atom. The molecule has 2 fully saturated rings. The molecule has 2 saturated heterocycles. The lowest BCUT2D eigenvalue weighted by atomic mass is 9.98. The van der Waals surface area contributed by atoms with Crippen molar-refractivity contribution in [3.8, 4) is 0 Å². The number of aliphatic hydroxyl groups excluding tert-OH is 7. The Hall–Kier alpha value is -2.80. The molecule has 7 N–H and O–H groups in total. The fourth-order valence-corrected chi connectivity index (χ4v) is 7.83. The number of allylic oxidation sites excluding steroid dienone is 10. The standard InChI is InChI=1S/C54H92O15/c1-3-5-7-9-11-13-15-17-19-20-21-22-23-25-27-29-31-33-35-37-46(57)67-42(39-64-45(56)36-34-32-30-28-26-24-18-16-14-12-10-8-6-4-2)40-65-53-52(63)50(61)48(59)44(69-53)41-66-54-51(62)49(60)47(58)43(38-55)68-54/h10-13,16-19,21-22,42-44,47-55,58-63H,3-9,14-15,20,23-41H2,1-2H3/b12-10-,13-11-,18-16-,19-17-,22-21-. The zero-order valence-corrected chi connectivity index (χ0v) is 42.0. The lowest BCUT2D eigenvalue weighted by molar-refractivity contribution is -0.332. The summed E-state index contributed by atoms with van der Waals surface area (Å²) in [5, 5.41) is 72.1. The second-order valence-corrected chi connectivity index (χ2v) is 18.3. The third kappa shape index (κ3) is 28.7. The Morgan fingerprint density at radius 1 is 0.464 bits per heavy atom. The average molecular weight is 981 g/mol. The molecule has 0 aromatic heterocycles. The predicted molar refractivity (Wildman–Crippen MR) is 266 cm³/mol. The van der Waals surface area contributed by atoms with Crippen LogP contribution in [0.5, 0.6) is 0 Å². The molecular weight excluding hydrogens is 889 g/mol. The maximum Gasteiger partial charge on any atom is 0.306 e. The molecule has 0 amide bonds. The summed E-state index contributed by atoms with van der Waals surface area (Å²) in [6.45, 7) is 2.48. The number of carbonyl (C=O) groups excluding carboxylic acids is 2. The number of ether oxygens (including phenoxy) is 6. The number of hydrogen-bond acceptors (Lipinski definition) is 15. The Balaban J connectivity index is 1.81. The van der Waals surface area contributed by atoms with Crippen LogP contribution in [0.1, 0.15) is 174 Å². The van der Waals surface area contributed by atoms with E-state index in [0.29, 0.717) is 12.8 Å². The minimum absolute atomic E-state index is 0.145. The minimum Gasteiger partial charge on any atom is -0.462 e. The van der Waals surface area contributed by atoms with Crippen molar-refractivity contribution in [1.29, 1.82) is 0 Å². The summed E-state index contributed by atoms with van der Waals surface area (Å²) in [5.74, 6) is -0.959. The van der Waals surface area contributed by atoms with Crippen LogP contribution in [0.2, 0.25) is 0 Å². The molecule has 2 rings (SSSR count). The van der Waals surface area contributed by atoms with Gasteiger partial charge in [-0.2, -0.15) is 0 Å².